The second kappa shape index (κ2) is 9.39. The van der Waals surface area contributed by atoms with E-state index >= 15 is 0 Å². The molecule has 172 valence electrons. The predicted octanol–water partition coefficient (Wildman–Crippen LogP) is 7.39. The number of amides is 1. The van der Waals surface area contributed by atoms with Gasteiger partial charge in [0.1, 0.15) is 11.5 Å². The molecule has 1 heterocycles. The second-order valence-corrected chi connectivity index (χ2v) is 9.58. The molecule has 4 aromatic carbocycles. The van der Waals surface area contributed by atoms with Crippen molar-refractivity contribution in [2.45, 2.75) is 20.1 Å². The SMILES string of the molecule is CC(C)COc1cccc(C(=O)Nc2ccc3c(c2)NC(c2cccc4c(Br)cccc24)O3)c1. The van der Waals surface area contributed by atoms with Crippen LogP contribution in [0.5, 0.6) is 11.5 Å². The van der Waals surface area contributed by atoms with Crippen LogP contribution in [0.4, 0.5) is 11.4 Å². The highest BCUT2D eigenvalue weighted by atomic mass is 79.9. The van der Waals surface area contributed by atoms with Crippen molar-refractivity contribution in [2.24, 2.45) is 5.92 Å². The molecule has 1 amide bonds. The van der Waals surface area contributed by atoms with Gasteiger partial charge in [0, 0.05) is 21.3 Å². The molecular weight excluding hydrogens is 492 g/mol. The Morgan fingerprint density at radius 1 is 1.03 bits per heavy atom. The van der Waals surface area contributed by atoms with Gasteiger partial charge in [-0.15, -0.1) is 0 Å². The first-order chi connectivity index (χ1) is 16.5. The van der Waals surface area contributed by atoms with E-state index in [2.05, 4.69) is 58.6 Å². The maximum Gasteiger partial charge on any atom is 0.255 e. The first kappa shape index (κ1) is 22.3. The molecule has 34 heavy (non-hydrogen) atoms. The minimum absolute atomic E-state index is 0.190. The molecule has 0 fully saturated rings. The smallest absolute Gasteiger partial charge is 0.255 e. The van der Waals surface area contributed by atoms with Crippen LogP contribution in [0.25, 0.3) is 10.8 Å². The summed E-state index contributed by atoms with van der Waals surface area (Å²) in [5, 5.41) is 8.67. The molecule has 5 nitrogen and oxygen atoms in total. The molecule has 0 spiro atoms. The summed E-state index contributed by atoms with van der Waals surface area (Å²) in [5.41, 5.74) is 3.13. The molecule has 0 aromatic heterocycles. The summed E-state index contributed by atoms with van der Waals surface area (Å²) in [6, 6.07) is 25.2. The van der Waals surface area contributed by atoms with Gasteiger partial charge in [-0.3, -0.25) is 4.79 Å². The summed E-state index contributed by atoms with van der Waals surface area (Å²) >= 11 is 3.63. The largest absolute Gasteiger partial charge is 0.493 e. The van der Waals surface area contributed by atoms with Crippen molar-refractivity contribution in [1.29, 1.82) is 0 Å². The maximum atomic E-state index is 12.8. The third-order valence-corrected chi connectivity index (χ3v) is 6.32. The van der Waals surface area contributed by atoms with Crippen molar-refractivity contribution in [2.75, 3.05) is 17.2 Å². The van der Waals surface area contributed by atoms with Gasteiger partial charge >= 0.3 is 0 Å². The Morgan fingerprint density at radius 3 is 2.68 bits per heavy atom. The zero-order valence-electron chi connectivity index (χ0n) is 19.0. The van der Waals surface area contributed by atoms with Gasteiger partial charge in [-0.25, -0.2) is 0 Å². The van der Waals surface area contributed by atoms with E-state index in [1.807, 2.05) is 48.5 Å². The Bertz CT molecular complexity index is 1370. The van der Waals surface area contributed by atoms with Gasteiger partial charge in [-0.05, 0) is 59.2 Å². The van der Waals surface area contributed by atoms with Gasteiger partial charge in [0.25, 0.3) is 5.91 Å². The fraction of sp³-hybridized carbons (Fsp3) is 0.179. The molecule has 2 N–H and O–H groups in total. The average molecular weight is 517 g/mol. The van der Waals surface area contributed by atoms with E-state index in [4.69, 9.17) is 9.47 Å². The third kappa shape index (κ3) is 4.59. The van der Waals surface area contributed by atoms with Crippen molar-refractivity contribution in [1.82, 2.24) is 0 Å². The number of halogens is 1. The van der Waals surface area contributed by atoms with Crippen LogP contribution in [-0.4, -0.2) is 12.5 Å². The summed E-state index contributed by atoms with van der Waals surface area (Å²) in [5.74, 6) is 1.66. The van der Waals surface area contributed by atoms with Gasteiger partial charge in [0.2, 0.25) is 0 Å². The van der Waals surface area contributed by atoms with Gasteiger partial charge < -0.3 is 20.1 Å². The predicted molar refractivity (Wildman–Crippen MR) is 140 cm³/mol. The first-order valence-electron chi connectivity index (χ1n) is 11.3. The number of fused-ring (bicyclic) bond motifs is 2. The fourth-order valence-corrected chi connectivity index (χ4v) is 4.48. The molecule has 1 aliphatic rings. The molecule has 4 aromatic rings. The summed E-state index contributed by atoms with van der Waals surface area (Å²) in [6.07, 6.45) is -0.311. The zero-order chi connectivity index (χ0) is 23.7. The average Bonchev–Trinajstić information content (AvgIpc) is 3.26. The lowest BCUT2D eigenvalue weighted by molar-refractivity contribution is 0.102. The third-order valence-electron chi connectivity index (χ3n) is 5.63. The minimum atomic E-state index is -0.311. The number of carbonyl (C=O) groups is 1. The van der Waals surface area contributed by atoms with Crippen molar-refractivity contribution < 1.29 is 14.3 Å². The Morgan fingerprint density at radius 2 is 1.82 bits per heavy atom. The molecule has 1 aliphatic heterocycles. The van der Waals surface area contributed by atoms with Gasteiger partial charge in [-0.2, -0.15) is 0 Å². The lowest BCUT2D eigenvalue weighted by Crippen LogP contribution is -2.12. The quantitative estimate of drug-likeness (QED) is 0.280. The van der Waals surface area contributed by atoms with E-state index in [-0.39, 0.29) is 12.1 Å². The van der Waals surface area contributed by atoms with Gasteiger partial charge in [-0.1, -0.05) is 66.2 Å². The van der Waals surface area contributed by atoms with Crippen LogP contribution in [0.1, 0.15) is 36.0 Å². The first-order valence-corrected chi connectivity index (χ1v) is 12.1. The van der Waals surface area contributed by atoms with Gasteiger partial charge in [0.15, 0.2) is 6.23 Å². The van der Waals surface area contributed by atoms with Crippen LogP contribution in [0, 0.1) is 5.92 Å². The minimum Gasteiger partial charge on any atom is -0.493 e. The number of hydrogen-bond acceptors (Lipinski definition) is 4. The van der Waals surface area contributed by atoms with Crippen LogP contribution in [-0.2, 0) is 0 Å². The van der Waals surface area contributed by atoms with E-state index in [0.717, 1.165) is 32.2 Å². The van der Waals surface area contributed by atoms with E-state index in [9.17, 15) is 4.79 Å². The summed E-state index contributed by atoms with van der Waals surface area (Å²) in [6.45, 7) is 4.79. The zero-order valence-corrected chi connectivity index (χ0v) is 20.6. The summed E-state index contributed by atoms with van der Waals surface area (Å²) in [7, 11) is 0. The van der Waals surface area contributed by atoms with E-state index < -0.39 is 0 Å². The lowest BCUT2D eigenvalue weighted by Gasteiger charge is -2.15. The fourth-order valence-electron chi connectivity index (χ4n) is 3.98. The van der Waals surface area contributed by atoms with Crippen LogP contribution in [0.15, 0.2) is 83.3 Å². The highest BCUT2D eigenvalue weighted by molar-refractivity contribution is 9.10. The van der Waals surface area contributed by atoms with Crippen LogP contribution >= 0.6 is 15.9 Å². The molecule has 0 bridgehead atoms. The Kier molecular flexibility index (Phi) is 6.16. The molecule has 0 aliphatic carbocycles. The van der Waals surface area contributed by atoms with E-state index in [1.165, 1.54) is 0 Å². The van der Waals surface area contributed by atoms with Gasteiger partial charge in [0.05, 0.1) is 12.3 Å². The summed E-state index contributed by atoms with van der Waals surface area (Å²) < 4.78 is 13.0. The maximum absolute atomic E-state index is 12.8. The standard InChI is InChI=1S/C28H25BrN2O3/c1-17(2)16-33-20-7-3-6-18(14-20)27(32)30-19-12-13-26-25(15-19)31-28(34-26)23-10-4-9-22-21(23)8-5-11-24(22)29/h3-15,17,28,31H,16H2,1-2H3,(H,30,32). The number of ether oxygens (including phenoxy) is 2. The van der Waals surface area contributed by atoms with Crippen molar-refractivity contribution in [3.05, 3.63) is 94.5 Å². The number of benzene rings is 4. The van der Waals surface area contributed by atoms with Crippen molar-refractivity contribution in [3.63, 3.8) is 0 Å². The Balaban J connectivity index is 1.32. The lowest BCUT2D eigenvalue weighted by atomic mass is 10.0. The molecule has 5 rings (SSSR count). The molecule has 0 saturated carbocycles. The Hall–Kier alpha value is -3.51. The van der Waals surface area contributed by atoms with Crippen LogP contribution < -0.4 is 20.1 Å². The van der Waals surface area contributed by atoms with Crippen LogP contribution in [0.3, 0.4) is 0 Å². The topological polar surface area (TPSA) is 59.6 Å². The monoisotopic (exact) mass is 516 g/mol. The molecule has 0 saturated heterocycles. The number of nitrogens with one attached hydrogen (secondary N) is 2. The van der Waals surface area contributed by atoms with Crippen LogP contribution in [0.2, 0.25) is 0 Å². The highest BCUT2D eigenvalue weighted by Gasteiger charge is 2.25. The number of carbonyl (C=O) groups excluding carboxylic acids is 1. The normalized spacial score (nSPS) is 14.4. The molecule has 0 radical (unpaired) electrons. The molecule has 6 heteroatoms. The number of hydrogen-bond donors (Lipinski definition) is 2. The summed E-state index contributed by atoms with van der Waals surface area (Å²) in [4.78, 5) is 12.8. The van der Waals surface area contributed by atoms with E-state index in [1.54, 1.807) is 12.1 Å². The second-order valence-electron chi connectivity index (χ2n) is 8.72. The molecular formula is C28H25BrN2O3. The Labute approximate surface area is 207 Å². The number of rotatable bonds is 6. The number of anilines is 2. The molecule has 1 unspecified atom stereocenters. The molecule has 1 atom stereocenters. The van der Waals surface area contributed by atoms with Crippen molar-refractivity contribution in [3.8, 4) is 11.5 Å². The highest BCUT2D eigenvalue weighted by Crippen LogP contribution is 2.41. The van der Waals surface area contributed by atoms with E-state index in [0.29, 0.717) is 29.5 Å². The van der Waals surface area contributed by atoms with Crippen molar-refractivity contribution >= 4 is 44.0 Å².